The van der Waals surface area contributed by atoms with Crippen LogP contribution in [0.5, 0.6) is 5.75 Å². The highest BCUT2D eigenvalue weighted by Gasteiger charge is 2.03. The van der Waals surface area contributed by atoms with E-state index in [9.17, 15) is 4.79 Å². The van der Waals surface area contributed by atoms with Crippen LogP contribution >= 0.6 is 11.8 Å². The van der Waals surface area contributed by atoms with Crippen LogP contribution in [-0.2, 0) is 0 Å². The molecule has 0 aromatic heterocycles. The zero-order valence-corrected chi connectivity index (χ0v) is 12.2. The third kappa shape index (κ3) is 7.37. The molecule has 0 aliphatic rings. The summed E-state index contributed by atoms with van der Waals surface area (Å²) in [6, 6.07) is 6.48. The van der Waals surface area contributed by atoms with Crippen molar-refractivity contribution in [2.45, 2.75) is 6.42 Å². The molecule has 0 radical (unpaired) electrons. The van der Waals surface area contributed by atoms with Crippen LogP contribution in [0.3, 0.4) is 0 Å². The first-order valence-electron chi connectivity index (χ1n) is 6.59. The fourth-order valence-corrected chi connectivity index (χ4v) is 2.32. The number of thioether (sulfide) groups is 1. The summed E-state index contributed by atoms with van der Waals surface area (Å²) in [6.07, 6.45) is 0.841. The first-order valence-corrected chi connectivity index (χ1v) is 7.75. The Labute approximate surface area is 123 Å². The second-order valence-corrected chi connectivity index (χ2v) is 5.35. The minimum Gasteiger partial charge on any atom is -0.492 e. The molecule has 0 atom stereocenters. The maximum Gasteiger partial charge on any atom is 0.335 e. The molecule has 0 aliphatic heterocycles. The molecule has 0 saturated heterocycles. The fraction of sp³-hybridized carbons (Fsp3) is 0.500. The Morgan fingerprint density at radius 3 is 2.90 bits per heavy atom. The first-order chi connectivity index (χ1) is 9.74. The van der Waals surface area contributed by atoms with Gasteiger partial charge in [0.25, 0.3) is 0 Å². The Morgan fingerprint density at radius 2 is 2.15 bits per heavy atom. The van der Waals surface area contributed by atoms with Crippen LogP contribution in [-0.4, -0.2) is 54.0 Å². The number of hydrogen-bond donors (Lipinski definition) is 3. The van der Waals surface area contributed by atoms with Crippen molar-refractivity contribution in [3.05, 3.63) is 29.8 Å². The third-order valence-electron chi connectivity index (χ3n) is 2.50. The van der Waals surface area contributed by atoms with Gasteiger partial charge in [0.15, 0.2) is 0 Å². The summed E-state index contributed by atoms with van der Waals surface area (Å²) in [5.41, 5.74) is 0.232. The average Bonchev–Trinajstić information content (AvgIpc) is 2.46. The summed E-state index contributed by atoms with van der Waals surface area (Å²) in [5.74, 6) is 1.61. The van der Waals surface area contributed by atoms with Crippen LogP contribution < -0.4 is 10.1 Å². The smallest absolute Gasteiger partial charge is 0.335 e. The van der Waals surface area contributed by atoms with Crippen LogP contribution in [0.1, 0.15) is 16.8 Å². The molecule has 0 heterocycles. The summed E-state index contributed by atoms with van der Waals surface area (Å²) in [7, 11) is 0. The van der Waals surface area contributed by atoms with Crippen molar-refractivity contribution in [1.29, 1.82) is 0 Å². The predicted octanol–water partition coefficient (Wildman–Crippen LogP) is 1.47. The molecule has 0 amide bonds. The van der Waals surface area contributed by atoms with Crippen molar-refractivity contribution in [1.82, 2.24) is 5.32 Å². The summed E-state index contributed by atoms with van der Waals surface area (Å²) >= 11 is 1.81. The third-order valence-corrected chi connectivity index (χ3v) is 3.57. The number of carbonyl (C=O) groups is 1. The number of hydrogen-bond acceptors (Lipinski definition) is 5. The van der Waals surface area contributed by atoms with Gasteiger partial charge in [0, 0.05) is 25.4 Å². The van der Waals surface area contributed by atoms with Crippen molar-refractivity contribution in [2.75, 3.05) is 37.8 Å². The van der Waals surface area contributed by atoms with Gasteiger partial charge in [-0.1, -0.05) is 6.07 Å². The van der Waals surface area contributed by atoms with Crippen LogP contribution in [0.25, 0.3) is 0 Å². The number of aromatic carboxylic acids is 1. The number of carboxylic acids is 1. The van der Waals surface area contributed by atoms with Crippen molar-refractivity contribution in [2.24, 2.45) is 0 Å². The van der Waals surface area contributed by atoms with Gasteiger partial charge in [-0.05, 0) is 30.4 Å². The molecule has 0 saturated carbocycles. The number of benzene rings is 1. The highest BCUT2D eigenvalue weighted by Crippen LogP contribution is 2.12. The van der Waals surface area contributed by atoms with Gasteiger partial charge < -0.3 is 20.3 Å². The number of carboxylic acid groups (broad SMARTS) is 1. The normalized spacial score (nSPS) is 10.4. The maximum atomic E-state index is 10.8. The number of nitrogens with one attached hydrogen (secondary N) is 1. The fourth-order valence-electron chi connectivity index (χ4n) is 1.50. The van der Waals surface area contributed by atoms with Crippen molar-refractivity contribution >= 4 is 17.7 Å². The zero-order chi connectivity index (χ0) is 14.6. The van der Waals surface area contributed by atoms with Crippen LogP contribution in [0.2, 0.25) is 0 Å². The van der Waals surface area contributed by atoms with Crippen molar-refractivity contribution < 1.29 is 19.7 Å². The Hall–Kier alpha value is -1.24. The lowest BCUT2D eigenvalue weighted by atomic mass is 10.2. The topological polar surface area (TPSA) is 78.8 Å². The lowest BCUT2D eigenvalue weighted by Gasteiger charge is -2.08. The van der Waals surface area contributed by atoms with Crippen LogP contribution in [0.15, 0.2) is 24.3 Å². The molecule has 3 N–H and O–H groups in total. The predicted molar refractivity (Wildman–Crippen MR) is 80.8 cm³/mol. The Bertz CT molecular complexity index is 401. The number of rotatable bonds is 11. The molecule has 0 spiro atoms. The molecular weight excluding hydrogens is 278 g/mol. The first kappa shape index (κ1) is 16.8. The number of ether oxygens (including phenoxy) is 1. The lowest BCUT2D eigenvalue weighted by Crippen LogP contribution is -2.23. The van der Waals surface area contributed by atoms with E-state index in [2.05, 4.69) is 5.32 Å². The second-order valence-electron chi connectivity index (χ2n) is 4.12. The minimum absolute atomic E-state index is 0.232. The molecule has 112 valence electrons. The maximum absolute atomic E-state index is 10.8. The molecule has 1 rings (SSSR count). The molecule has 0 bridgehead atoms. The molecule has 0 aliphatic carbocycles. The Balaban J connectivity index is 2.06. The molecule has 0 unspecified atom stereocenters. The van der Waals surface area contributed by atoms with Crippen molar-refractivity contribution in [3.63, 3.8) is 0 Å². The quantitative estimate of drug-likeness (QED) is 0.537. The van der Waals surface area contributed by atoms with E-state index in [-0.39, 0.29) is 12.2 Å². The van der Waals surface area contributed by atoms with E-state index in [1.807, 2.05) is 11.8 Å². The van der Waals surface area contributed by atoms with Gasteiger partial charge in [0.1, 0.15) is 12.4 Å². The summed E-state index contributed by atoms with van der Waals surface area (Å²) in [5, 5.41) is 20.7. The largest absolute Gasteiger partial charge is 0.492 e. The van der Waals surface area contributed by atoms with Crippen LogP contribution in [0.4, 0.5) is 0 Å². The number of aliphatic hydroxyl groups excluding tert-OH is 1. The monoisotopic (exact) mass is 299 g/mol. The van der Waals surface area contributed by atoms with Gasteiger partial charge in [-0.25, -0.2) is 4.79 Å². The summed E-state index contributed by atoms with van der Waals surface area (Å²) in [6.45, 7) is 2.38. The van der Waals surface area contributed by atoms with Crippen molar-refractivity contribution in [3.8, 4) is 5.75 Å². The standard InChI is InChI=1S/C14H21NO4S/c16-7-2-9-20-10-6-15-5-8-19-13-4-1-3-12(11-13)14(17)18/h1,3-4,11,15-16H,2,5-10H2,(H,17,18). The van der Waals surface area contributed by atoms with Gasteiger partial charge in [0.2, 0.25) is 0 Å². The van der Waals surface area contributed by atoms with E-state index >= 15 is 0 Å². The van der Waals surface area contributed by atoms with Gasteiger partial charge in [-0.15, -0.1) is 0 Å². The van der Waals surface area contributed by atoms with E-state index in [1.54, 1.807) is 12.1 Å². The Morgan fingerprint density at radius 1 is 1.30 bits per heavy atom. The molecule has 6 heteroatoms. The molecular formula is C14H21NO4S. The average molecular weight is 299 g/mol. The van der Waals surface area contributed by atoms with E-state index in [4.69, 9.17) is 14.9 Å². The van der Waals surface area contributed by atoms with E-state index in [0.29, 0.717) is 12.4 Å². The van der Waals surface area contributed by atoms with E-state index < -0.39 is 5.97 Å². The number of aliphatic hydroxyl groups is 1. The zero-order valence-electron chi connectivity index (χ0n) is 11.4. The van der Waals surface area contributed by atoms with Crippen LogP contribution in [0, 0.1) is 0 Å². The Kier molecular flexibility index (Phi) is 8.86. The van der Waals surface area contributed by atoms with Gasteiger partial charge >= 0.3 is 5.97 Å². The van der Waals surface area contributed by atoms with Gasteiger partial charge in [-0.3, -0.25) is 0 Å². The minimum atomic E-state index is -0.950. The highest BCUT2D eigenvalue weighted by molar-refractivity contribution is 7.99. The summed E-state index contributed by atoms with van der Waals surface area (Å²) < 4.78 is 5.48. The molecule has 5 nitrogen and oxygen atoms in total. The SMILES string of the molecule is O=C(O)c1cccc(OCCNCCSCCCO)c1. The molecule has 20 heavy (non-hydrogen) atoms. The molecule has 0 fully saturated rings. The molecule has 1 aromatic rings. The lowest BCUT2D eigenvalue weighted by molar-refractivity contribution is 0.0696. The van der Waals surface area contributed by atoms with E-state index in [0.717, 1.165) is 31.0 Å². The second kappa shape index (κ2) is 10.5. The molecule has 1 aromatic carbocycles. The highest BCUT2D eigenvalue weighted by atomic mass is 32.2. The van der Waals surface area contributed by atoms with E-state index in [1.165, 1.54) is 12.1 Å². The van der Waals surface area contributed by atoms with Gasteiger partial charge in [0.05, 0.1) is 5.56 Å². The summed E-state index contributed by atoms with van der Waals surface area (Å²) in [4.78, 5) is 10.8. The van der Waals surface area contributed by atoms with Gasteiger partial charge in [-0.2, -0.15) is 11.8 Å².